The Morgan fingerprint density at radius 1 is 0.929 bits per heavy atom. The lowest BCUT2D eigenvalue weighted by molar-refractivity contribution is -0.151. The molecule has 0 aliphatic heterocycles. The number of carbonyl (C=O) groups excluding carboxylic acids is 1. The van der Waals surface area contributed by atoms with Crippen molar-refractivity contribution < 1.29 is 29.7 Å². The molecule has 0 radical (unpaired) electrons. The summed E-state index contributed by atoms with van der Waals surface area (Å²) >= 11 is 0. The Balaban J connectivity index is 2.32. The Kier molecular flexibility index (Phi) is 6.53. The number of aliphatic hydroxyl groups excluding tert-OH is 1. The number of carbonyl (C=O) groups is 3. The fourth-order valence-corrected chi connectivity index (χ4v) is 3.00. The third-order valence-corrected chi connectivity index (χ3v) is 4.85. The van der Waals surface area contributed by atoms with Crippen LogP contribution >= 0.6 is 0 Å². The minimum Gasteiger partial charge on any atom is -0.479 e. The van der Waals surface area contributed by atoms with E-state index in [1.165, 1.54) is 0 Å². The number of hydrogen-bond donors (Lipinski definition) is 4. The largest absolute Gasteiger partial charge is 0.479 e. The highest BCUT2D eigenvalue weighted by Crippen LogP contribution is 2.31. The molecule has 2 atom stereocenters. The molecule has 2 rings (SSSR count). The Morgan fingerprint density at radius 2 is 1.46 bits per heavy atom. The lowest BCUT2D eigenvalue weighted by atomic mass is 9.75. The summed E-state index contributed by atoms with van der Waals surface area (Å²) in [5.41, 5.74) is 1.94. The van der Waals surface area contributed by atoms with Gasteiger partial charge in [-0.05, 0) is 16.7 Å². The van der Waals surface area contributed by atoms with Crippen LogP contribution in [0.4, 0.5) is 0 Å². The quantitative estimate of drug-likeness (QED) is 0.541. The van der Waals surface area contributed by atoms with E-state index in [9.17, 15) is 19.5 Å². The summed E-state index contributed by atoms with van der Waals surface area (Å²) in [6.07, 6.45) is -2.07. The van der Waals surface area contributed by atoms with Crippen molar-refractivity contribution in [2.75, 3.05) is 0 Å². The molecule has 2 aromatic rings. The van der Waals surface area contributed by atoms with E-state index >= 15 is 0 Å². The molecule has 148 valence electrons. The molecular formula is C21H23NO6. The molecular weight excluding hydrogens is 362 g/mol. The van der Waals surface area contributed by atoms with Gasteiger partial charge in [0.2, 0.25) is 0 Å². The van der Waals surface area contributed by atoms with Crippen LogP contribution in [0.5, 0.6) is 0 Å². The minimum atomic E-state index is -1.73. The van der Waals surface area contributed by atoms with Crippen LogP contribution in [0.15, 0.2) is 54.6 Å². The highest BCUT2D eigenvalue weighted by molar-refractivity contribution is 6.31. The molecule has 0 saturated heterocycles. The molecule has 4 N–H and O–H groups in total. The Hall–Kier alpha value is -3.19. The monoisotopic (exact) mass is 385 g/mol. The molecule has 28 heavy (non-hydrogen) atoms. The zero-order valence-electron chi connectivity index (χ0n) is 15.6. The molecule has 0 heterocycles. The van der Waals surface area contributed by atoms with Crippen molar-refractivity contribution in [1.82, 2.24) is 5.32 Å². The van der Waals surface area contributed by atoms with Crippen molar-refractivity contribution in [2.24, 2.45) is 0 Å². The van der Waals surface area contributed by atoms with Crippen molar-refractivity contribution in [3.63, 3.8) is 0 Å². The second-order valence-electron chi connectivity index (χ2n) is 7.09. The molecule has 2 unspecified atom stereocenters. The summed E-state index contributed by atoms with van der Waals surface area (Å²) in [4.78, 5) is 33.7. The van der Waals surface area contributed by atoms with Crippen LogP contribution < -0.4 is 5.32 Å². The third-order valence-electron chi connectivity index (χ3n) is 4.85. The van der Waals surface area contributed by atoms with Gasteiger partial charge in [0.25, 0.3) is 0 Å². The second kappa shape index (κ2) is 8.67. The molecule has 2 aromatic carbocycles. The van der Waals surface area contributed by atoms with E-state index in [-0.39, 0.29) is 6.42 Å². The summed E-state index contributed by atoms with van der Waals surface area (Å²) in [6, 6.07) is 16.3. The molecule has 0 saturated carbocycles. The number of aliphatic carboxylic acids is 2. The Bertz CT molecular complexity index is 845. The van der Waals surface area contributed by atoms with Crippen LogP contribution in [0, 0.1) is 0 Å². The zero-order chi connectivity index (χ0) is 20.9. The van der Waals surface area contributed by atoms with Crippen molar-refractivity contribution in [1.29, 1.82) is 0 Å². The van der Waals surface area contributed by atoms with Crippen molar-refractivity contribution >= 4 is 17.8 Å². The summed E-state index contributed by atoms with van der Waals surface area (Å²) in [5.74, 6) is -4.37. The number of benzene rings is 2. The van der Waals surface area contributed by atoms with Crippen molar-refractivity contribution in [2.45, 2.75) is 37.8 Å². The van der Waals surface area contributed by atoms with E-state index in [1.807, 2.05) is 54.6 Å². The van der Waals surface area contributed by atoms with Crippen LogP contribution in [0.2, 0.25) is 0 Å². The van der Waals surface area contributed by atoms with E-state index in [0.717, 1.165) is 16.7 Å². The van der Waals surface area contributed by atoms with Crippen LogP contribution in [0.25, 0.3) is 11.1 Å². The van der Waals surface area contributed by atoms with E-state index in [1.54, 1.807) is 13.8 Å². The van der Waals surface area contributed by atoms with Gasteiger partial charge in [-0.1, -0.05) is 68.4 Å². The lowest BCUT2D eigenvalue weighted by Gasteiger charge is -2.36. The maximum atomic E-state index is 11.7. The smallest absolute Gasteiger partial charge is 0.394 e. The number of hydrogen-bond acceptors (Lipinski definition) is 4. The zero-order valence-corrected chi connectivity index (χ0v) is 15.6. The molecule has 0 spiro atoms. The van der Waals surface area contributed by atoms with Crippen LogP contribution in [-0.4, -0.2) is 45.3 Å². The molecule has 0 aliphatic carbocycles. The first-order valence-corrected chi connectivity index (χ1v) is 8.73. The van der Waals surface area contributed by atoms with Gasteiger partial charge < -0.3 is 20.6 Å². The van der Waals surface area contributed by atoms with Gasteiger partial charge >= 0.3 is 17.8 Å². The summed E-state index contributed by atoms with van der Waals surface area (Å²) in [5, 5.41) is 30.0. The lowest BCUT2D eigenvalue weighted by Crippen LogP contribution is -2.51. The second-order valence-corrected chi connectivity index (χ2v) is 7.09. The predicted molar refractivity (Wildman–Crippen MR) is 103 cm³/mol. The SMILES string of the molecule is CC(C)(c1ccc(-c2ccccc2)cc1)C(CC(O)C(=O)O)NC(=O)C(=O)O. The predicted octanol–water partition coefficient (Wildman–Crippen LogP) is 2.04. The van der Waals surface area contributed by atoms with Gasteiger partial charge in [0.1, 0.15) is 0 Å². The normalized spacial score (nSPS) is 13.4. The number of carboxylic acids is 2. The first-order chi connectivity index (χ1) is 13.1. The maximum absolute atomic E-state index is 11.7. The maximum Gasteiger partial charge on any atom is 0.394 e. The van der Waals surface area contributed by atoms with E-state index < -0.39 is 35.4 Å². The summed E-state index contributed by atoms with van der Waals surface area (Å²) < 4.78 is 0. The molecule has 0 aromatic heterocycles. The van der Waals surface area contributed by atoms with Gasteiger partial charge in [0, 0.05) is 17.9 Å². The van der Waals surface area contributed by atoms with Gasteiger partial charge in [0.15, 0.2) is 6.10 Å². The van der Waals surface area contributed by atoms with E-state index in [0.29, 0.717) is 0 Å². The van der Waals surface area contributed by atoms with Gasteiger partial charge in [0.05, 0.1) is 0 Å². The van der Waals surface area contributed by atoms with Crippen molar-refractivity contribution in [3.8, 4) is 11.1 Å². The van der Waals surface area contributed by atoms with Gasteiger partial charge in [-0.25, -0.2) is 9.59 Å². The number of carboxylic acid groups (broad SMARTS) is 2. The standard InChI is InChI=1S/C21H23NO6/c1-21(2,17(12-16(23)19(25)26)22-18(24)20(27)28)15-10-8-14(9-11-15)13-6-4-3-5-7-13/h3-11,16-17,23H,12H2,1-2H3,(H,22,24)(H,25,26)(H,27,28). The number of amides is 1. The van der Waals surface area contributed by atoms with Gasteiger partial charge in [-0.15, -0.1) is 0 Å². The molecule has 1 amide bonds. The third kappa shape index (κ3) is 4.95. The average molecular weight is 385 g/mol. The number of aliphatic hydroxyl groups is 1. The number of nitrogens with one attached hydrogen (secondary N) is 1. The Morgan fingerprint density at radius 3 is 1.96 bits per heavy atom. The summed E-state index contributed by atoms with van der Waals surface area (Å²) in [7, 11) is 0. The topological polar surface area (TPSA) is 124 Å². The highest BCUT2D eigenvalue weighted by atomic mass is 16.4. The first-order valence-electron chi connectivity index (χ1n) is 8.73. The van der Waals surface area contributed by atoms with E-state index in [4.69, 9.17) is 10.2 Å². The summed E-state index contributed by atoms with van der Waals surface area (Å²) in [6.45, 7) is 3.51. The van der Waals surface area contributed by atoms with Crippen LogP contribution in [-0.2, 0) is 19.8 Å². The molecule has 7 nitrogen and oxygen atoms in total. The highest BCUT2D eigenvalue weighted by Gasteiger charge is 2.36. The molecule has 0 aliphatic rings. The fraction of sp³-hybridized carbons (Fsp3) is 0.286. The molecule has 0 fully saturated rings. The Labute approximate surface area is 162 Å². The number of rotatable bonds is 7. The molecule has 7 heteroatoms. The average Bonchev–Trinajstić information content (AvgIpc) is 2.67. The molecule has 0 bridgehead atoms. The first kappa shape index (κ1) is 21.1. The van der Waals surface area contributed by atoms with Crippen molar-refractivity contribution in [3.05, 3.63) is 60.2 Å². The minimum absolute atomic E-state index is 0.332. The fourth-order valence-electron chi connectivity index (χ4n) is 3.00. The van der Waals surface area contributed by atoms with Crippen LogP contribution in [0.1, 0.15) is 25.8 Å². The van der Waals surface area contributed by atoms with Crippen LogP contribution in [0.3, 0.4) is 0 Å². The van der Waals surface area contributed by atoms with Gasteiger partial charge in [-0.3, -0.25) is 4.79 Å². The van der Waals surface area contributed by atoms with Gasteiger partial charge in [-0.2, -0.15) is 0 Å². The van der Waals surface area contributed by atoms with E-state index in [2.05, 4.69) is 5.32 Å².